The van der Waals surface area contributed by atoms with Gasteiger partial charge in [0.25, 0.3) is 0 Å². The summed E-state index contributed by atoms with van der Waals surface area (Å²) >= 11 is 0. The van der Waals surface area contributed by atoms with Crippen molar-refractivity contribution in [2.45, 2.75) is 38.5 Å². The number of methoxy groups -OCH3 is 1. The van der Waals surface area contributed by atoms with Crippen LogP contribution in [0.1, 0.15) is 37.3 Å². The van der Waals surface area contributed by atoms with E-state index in [2.05, 4.69) is 15.6 Å². The highest BCUT2D eigenvalue weighted by Gasteiger charge is 2.10. The van der Waals surface area contributed by atoms with E-state index in [0.29, 0.717) is 23.6 Å². The van der Waals surface area contributed by atoms with Crippen LogP contribution in [-0.4, -0.2) is 47.4 Å². The van der Waals surface area contributed by atoms with Gasteiger partial charge in [0.1, 0.15) is 5.82 Å². The summed E-state index contributed by atoms with van der Waals surface area (Å²) in [6.07, 6.45) is 4.23. The molecule has 0 aliphatic heterocycles. The molecule has 1 rings (SSSR count). The van der Waals surface area contributed by atoms with Crippen LogP contribution in [0.4, 0.5) is 4.39 Å². The number of rotatable bonds is 11. The van der Waals surface area contributed by atoms with E-state index in [-0.39, 0.29) is 36.3 Å². The molecule has 27 heavy (non-hydrogen) atoms. The van der Waals surface area contributed by atoms with Crippen LogP contribution in [0.25, 0.3) is 0 Å². The van der Waals surface area contributed by atoms with Gasteiger partial charge in [0.15, 0.2) is 15.8 Å². The molecule has 6 nitrogen and oxygen atoms in total. The van der Waals surface area contributed by atoms with Crippen LogP contribution in [0, 0.1) is 5.82 Å². The lowest BCUT2D eigenvalue weighted by Crippen LogP contribution is -2.37. The van der Waals surface area contributed by atoms with Crippen LogP contribution >= 0.6 is 24.0 Å². The minimum Gasteiger partial charge on any atom is -0.385 e. The Hall–Kier alpha value is -0.940. The Morgan fingerprint density at radius 2 is 1.93 bits per heavy atom. The van der Waals surface area contributed by atoms with Crippen LogP contribution in [0.15, 0.2) is 23.2 Å². The van der Waals surface area contributed by atoms with E-state index in [1.165, 1.54) is 24.5 Å². The molecular formula is C18H31FIN3O3S. The number of hydrogen-bond acceptors (Lipinski definition) is 4. The van der Waals surface area contributed by atoms with Crippen molar-refractivity contribution in [1.82, 2.24) is 10.6 Å². The van der Waals surface area contributed by atoms with Crippen molar-refractivity contribution in [3.8, 4) is 0 Å². The molecule has 0 saturated carbocycles. The van der Waals surface area contributed by atoms with E-state index in [1.807, 2.05) is 6.92 Å². The largest absolute Gasteiger partial charge is 0.385 e. The first-order valence-electron chi connectivity index (χ1n) is 8.82. The van der Waals surface area contributed by atoms with E-state index in [0.717, 1.165) is 32.4 Å². The zero-order chi connectivity index (χ0) is 19.4. The molecule has 0 saturated heterocycles. The second-order valence-electron chi connectivity index (χ2n) is 6.16. The number of sulfone groups is 1. The Balaban J connectivity index is 0.00000676. The van der Waals surface area contributed by atoms with Gasteiger partial charge >= 0.3 is 0 Å². The summed E-state index contributed by atoms with van der Waals surface area (Å²) in [4.78, 5) is 4.46. The number of unbranched alkanes of at least 4 members (excludes halogenated alkanes) is 2. The van der Waals surface area contributed by atoms with Gasteiger partial charge in [0, 0.05) is 33.1 Å². The summed E-state index contributed by atoms with van der Waals surface area (Å²) in [7, 11) is -1.51. The molecule has 0 atom stereocenters. The van der Waals surface area contributed by atoms with Gasteiger partial charge < -0.3 is 15.4 Å². The van der Waals surface area contributed by atoms with Gasteiger partial charge in [-0.1, -0.05) is 6.07 Å². The van der Waals surface area contributed by atoms with Gasteiger partial charge in [0.05, 0.1) is 12.3 Å². The zero-order valence-corrected chi connectivity index (χ0v) is 19.4. The highest BCUT2D eigenvalue weighted by atomic mass is 127. The van der Waals surface area contributed by atoms with Crippen LogP contribution in [0.3, 0.4) is 0 Å². The predicted octanol–water partition coefficient (Wildman–Crippen LogP) is 2.86. The second-order valence-corrected chi connectivity index (χ2v) is 8.30. The molecule has 0 aliphatic carbocycles. The van der Waals surface area contributed by atoms with Gasteiger partial charge in [-0.15, -0.1) is 24.0 Å². The summed E-state index contributed by atoms with van der Waals surface area (Å²) in [6.45, 7) is 4.41. The van der Waals surface area contributed by atoms with Gasteiger partial charge in [0.2, 0.25) is 0 Å². The normalized spacial score (nSPS) is 11.8. The van der Waals surface area contributed by atoms with Gasteiger partial charge in [-0.05, 0) is 49.4 Å². The van der Waals surface area contributed by atoms with Gasteiger partial charge in [-0.2, -0.15) is 0 Å². The molecule has 0 aromatic heterocycles. The average molecular weight is 515 g/mol. The maximum Gasteiger partial charge on any atom is 0.191 e. The van der Waals surface area contributed by atoms with E-state index in [1.54, 1.807) is 7.11 Å². The lowest BCUT2D eigenvalue weighted by atomic mass is 10.1. The number of guanidine groups is 1. The van der Waals surface area contributed by atoms with Crippen LogP contribution in [-0.2, 0) is 26.9 Å². The number of nitrogens with zero attached hydrogens (tertiary/aromatic N) is 1. The lowest BCUT2D eigenvalue weighted by molar-refractivity contribution is 0.192. The highest BCUT2D eigenvalue weighted by Crippen LogP contribution is 2.15. The molecule has 0 unspecified atom stereocenters. The molecule has 0 fully saturated rings. The summed E-state index contributed by atoms with van der Waals surface area (Å²) in [6, 6.07) is 4.13. The van der Waals surface area contributed by atoms with E-state index < -0.39 is 15.7 Å². The number of halogens is 2. The first-order chi connectivity index (χ1) is 12.4. The fourth-order valence-corrected chi connectivity index (χ4v) is 3.27. The molecule has 0 heterocycles. The second kappa shape index (κ2) is 14.1. The smallest absolute Gasteiger partial charge is 0.191 e. The SMILES string of the molecule is CCNC(=NCc1cc(F)ccc1CS(C)(=O)=O)NCCCCCOC.I. The molecule has 2 N–H and O–H groups in total. The molecule has 0 spiro atoms. The molecule has 0 amide bonds. The quantitative estimate of drug-likeness (QED) is 0.205. The van der Waals surface area contributed by atoms with Gasteiger partial charge in [-0.3, -0.25) is 0 Å². The minimum absolute atomic E-state index is 0. The minimum atomic E-state index is -3.20. The standard InChI is InChI=1S/C18H30FN3O3S.HI/c1-4-20-18(21-10-6-5-7-11-25-2)22-13-16-12-17(19)9-8-15(16)14-26(3,23)24;/h8-9,12H,4-7,10-11,13-14H2,1-3H3,(H2,20,21,22);1H. The van der Waals surface area contributed by atoms with E-state index in [9.17, 15) is 12.8 Å². The van der Waals surface area contributed by atoms with Crippen molar-refractivity contribution >= 4 is 39.8 Å². The van der Waals surface area contributed by atoms with E-state index in [4.69, 9.17) is 4.74 Å². The van der Waals surface area contributed by atoms with Crippen molar-refractivity contribution in [2.24, 2.45) is 4.99 Å². The van der Waals surface area contributed by atoms with Crippen molar-refractivity contribution in [1.29, 1.82) is 0 Å². The molecule has 0 bridgehead atoms. The first kappa shape index (κ1) is 26.1. The number of ether oxygens (including phenoxy) is 1. The van der Waals surface area contributed by atoms with Crippen molar-refractivity contribution in [3.63, 3.8) is 0 Å². The molecule has 1 aromatic rings. The molecule has 0 aliphatic rings. The Bertz CT molecular complexity index is 684. The third-order valence-electron chi connectivity index (χ3n) is 3.66. The Kier molecular flexibility index (Phi) is 13.6. The van der Waals surface area contributed by atoms with E-state index >= 15 is 0 Å². The highest BCUT2D eigenvalue weighted by molar-refractivity contribution is 14.0. The first-order valence-corrected chi connectivity index (χ1v) is 10.9. The molecule has 156 valence electrons. The third-order valence-corrected chi connectivity index (χ3v) is 4.49. The number of hydrogen-bond donors (Lipinski definition) is 2. The van der Waals surface area contributed by atoms with Gasteiger partial charge in [-0.25, -0.2) is 17.8 Å². The Labute approximate surface area is 179 Å². The van der Waals surface area contributed by atoms with Crippen molar-refractivity contribution < 1.29 is 17.5 Å². The predicted molar refractivity (Wildman–Crippen MR) is 119 cm³/mol. The molecule has 1 aromatic carbocycles. The summed E-state index contributed by atoms with van der Waals surface area (Å²) in [5.74, 6) is 0.110. The Morgan fingerprint density at radius 3 is 2.56 bits per heavy atom. The van der Waals surface area contributed by atoms with Crippen LogP contribution < -0.4 is 10.6 Å². The number of benzene rings is 1. The molecular weight excluding hydrogens is 484 g/mol. The molecule has 9 heteroatoms. The Morgan fingerprint density at radius 1 is 1.19 bits per heavy atom. The third kappa shape index (κ3) is 12.2. The zero-order valence-electron chi connectivity index (χ0n) is 16.3. The lowest BCUT2D eigenvalue weighted by Gasteiger charge is -2.12. The van der Waals surface area contributed by atoms with Crippen LogP contribution in [0.2, 0.25) is 0 Å². The van der Waals surface area contributed by atoms with Crippen LogP contribution in [0.5, 0.6) is 0 Å². The summed E-state index contributed by atoms with van der Waals surface area (Å²) < 4.78 is 41.7. The molecule has 0 radical (unpaired) electrons. The monoisotopic (exact) mass is 515 g/mol. The summed E-state index contributed by atoms with van der Waals surface area (Å²) in [5, 5.41) is 6.38. The maximum absolute atomic E-state index is 13.6. The topological polar surface area (TPSA) is 79.8 Å². The van der Waals surface area contributed by atoms with Crippen molar-refractivity contribution in [3.05, 3.63) is 35.1 Å². The maximum atomic E-state index is 13.6. The van der Waals surface area contributed by atoms with Crippen molar-refractivity contribution in [2.75, 3.05) is 33.1 Å². The fourth-order valence-electron chi connectivity index (χ4n) is 2.43. The average Bonchev–Trinajstić information content (AvgIpc) is 2.56. The fraction of sp³-hybridized carbons (Fsp3) is 0.611. The summed E-state index contributed by atoms with van der Waals surface area (Å²) in [5.41, 5.74) is 1.15. The number of aliphatic imine (C=N–C) groups is 1. The number of nitrogens with one attached hydrogen (secondary N) is 2.